The van der Waals surface area contributed by atoms with Crippen LogP contribution in [-0.2, 0) is 6.42 Å². The van der Waals surface area contributed by atoms with Crippen molar-refractivity contribution in [3.05, 3.63) is 29.1 Å². The number of rotatable bonds is 4. The Morgan fingerprint density at radius 2 is 1.76 bits per heavy atom. The van der Waals surface area contributed by atoms with Crippen molar-refractivity contribution in [3.8, 4) is 0 Å². The molecule has 0 atom stereocenters. The Labute approximate surface area is 102 Å². The van der Waals surface area contributed by atoms with Gasteiger partial charge in [-0.25, -0.2) is 8.78 Å². The molecule has 3 heteroatoms. The number of alkyl halides is 2. The minimum atomic E-state index is -2.68. The predicted molar refractivity (Wildman–Crippen MR) is 66.7 cm³/mol. The van der Waals surface area contributed by atoms with Gasteiger partial charge in [-0.3, -0.25) is 4.98 Å². The molecule has 0 saturated carbocycles. The molecule has 0 aliphatic carbocycles. The normalized spacial score (nSPS) is 12.5. The summed E-state index contributed by atoms with van der Waals surface area (Å²) in [7, 11) is 0. The van der Waals surface area contributed by atoms with Gasteiger partial charge < -0.3 is 0 Å². The number of aromatic nitrogens is 1. The Morgan fingerprint density at radius 3 is 2.18 bits per heavy atom. The Balaban J connectivity index is 3.13. The molecule has 1 aromatic heterocycles. The molecule has 0 amide bonds. The first kappa shape index (κ1) is 14.1. The van der Waals surface area contributed by atoms with Gasteiger partial charge in [0.1, 0.15) is 0 Å². The lowest BCUT2D eigenvalue weighted by Crippen LogP contribution is -2.16. The topological polar surface area (TPSA) is 12.9 Å². The average Bonchev–Trinajstić information content (AvgIpc) is 2.14. The van der Waals surface area contributed by atoms with E-state index in [4.69, 9.17) is 0 Å². The van der Waals surface area contributed by atoms with Gasteiger partial charge in [-0.05, 0) is 36.0 Å². The van der Waals surface area contributed by atoms with Crippen LogP contribution < -0.4 is 0 Å². The van der Waals surface area contributed by atoms with Crippen molar-refractivity contribution >= 4 is 0 Å². The third kappa shape index (κ3) is 4.06. The third-order valence-corrected chi connectivity index (χ3v) is 2.76. The summed E-state index contributed by atoms with van der Waals surface area (Å²) in [6.45, 7) is 9.11. The van der Waals surface area contributed by atoms with Gasteiger partial charge in [-0.2, -0.15) is 0 Å². The van der Waals surface area contributed by atoms with E-state index in [1.165, 1.54) is 0 Å². The summed E-state index contributed by atoms with van der Waals surface area (Å²) >= 11 is 0. The van der Waals surface area contributed by atoms with Crippen molar-refractivity contribution in [3.63, 3.8) is 0 Å². The number of hydrogen-bond acceptors (Lipinski definition) is 1. The Hall–Kier alpha value is -0.990. The largest absolute Gasteiger partial charge is 0.261 e. The second-order valence-corrected chi connectivity index (χ2v) is 5.36. The highest BCUT2D eigenvalue weighted by Crippen LogP contribution is 2.27. The van der Waals surface area contributed by atoms with Crippen LogP contribution in [-0.4, -0.2) is 10.9 Å². The zero-order chi connectivity index (χ0) is 13.2. The molecule has 0 bridgehead atoms. The zero-order valence-corrected chi connectivity index (χ0v) is 11.2. The van der Waals surface area contributed by atoms with Gasteiger partial charge in [-0.1, -0.05) is 27.7 Å². The lowest BCUT2D eigenvalue weighted by atomic mass is 9.93. The van der Waals surface area contributed by atoms with E-state index in [0.717, 1.165) is 18.2 Å². The molecule has 1 nitrogen and oxygen atoms in total. The molecule has 1 aromatic rings. The number of halogens is 2. The maximum atomic E-state index is 13.1. The maximum absolute atomic E-state index is 13.1. The van der Waals surface area contributed by atoms with E-state index in [1.807, 2.05) is 19.9 Å². The van der Waals surface area contributed by atoms with E-state index >= 15 is 0 Å². The molecule has 17 heavy (non-hydrogen) atoms. The number of nitrogens with zero attached hydrogens (tertiary/aromatic N) is 1. The zero-order valence-electron chi connectivity index (χ0n) is 11.2. The van der Waals surface area contributed by atoms with E-state index in [2.05, 4.69) is 18.8 Å². The second-order valence-electron chi connectivity index (χ2n) is 5.36. The molecule has 1 rings (SSSR count). The summed E-state index contributed by atoms with van der Waals surface area (Å²) in [5.74, 6) is -2.11. The van der Waals surface area contributed by atoms with Crippen LogP contribution in [0.5, 0.6) is 0 Å². The van der Waals surface area contributed by atoms with Crippen molar-refractivity contribution < 1.29 is 8.78 Å². The molecule has 0 N–H and O–H groups in total. The third-order valence-electron chi connectivity index (χ3n) is 2.76. The molecule has 0 fully saturated rings. The van der Waals surface area contributed by atoms with Crippen LogP contribution in [0.1, 0.15) is 63.3 Å². The quantitative estimate of drug-likeness (QED) is 0.755. The van der Waals surface area contributed by atoms with Crippen LogP contribution in [0.15, 0.2) is 12.3 Å². The first-order chi connectivity index (χ1) is 7.70. The highest BCUT2D eigenvalue weighted by Gasteiger charge is 2.24. The summed E-state index contributed by atoms with van der Waals surface area (Å²) in [5.41, 5.74) is 2.62. The highest BCUT2D eigenvalue weighted by molar-refractivity contribution is 5.31. The fourth-order valence-corrected chi connectivity index (χ4v) is 1.85. The molecule has 0 spiro atoms. The minimum Gasteiger partial charge on any atom is -0.261 e. The molecular weight excluding hydrogens is 220 g/mol. The maximum Gasteiger partial charge on any atom is 0.249 e. The van der Waals surface area contributed by atoms with Crippen LogP contribution in [0.4, 0.5) is 8.78 Å². The summed E-state index contributed by atoms with van der Waals surface area (Å²) in [6.07, 6.45) is 1.38. The molecule has 0 aromatic carbocycles. The van der Waals surface area contributed by atoms with Crippen molar-refractivity contribution in [2.75, 3.05) is 0 Å². The molecule has 0 saturated heterocycles. The highest BCUT2D eigenvalue weighted by atomic mass is 19.3. The Morgan fingerprint density at radius 1 is 1.18 bits per heavy atom. The van der Waals surface area contributed by atoms with Gasteiger partial charge >= 0.3 is 0 Å². The molecular formula is C14H21F2N. The molecule has 0 unspecified atom stereocenters. The summed E-state index contributed by atoms with van der Waals surface area (Å²) in [4.78, 5) is 4.27. The van der Waals surface area contributed by atoms with Crippen LogP contribution in [0.3, 0.4) is 0 Å². The number of pyridine rings is 1. The van der Waals surface area contributed by atoms with E-state index in [0.29, 0.717) is 11.5 Å². The van der Waals surface area contributed by atoms with E-state index < -0.39 is 5.92 Å². The summed E-state index contributed by atoms with van der Waals surface area (Å²) in [6, 6.07) is 1.97. The van der Waals surface area contributed by atoms with Crippen molar-refractivity contribution in [1.82, 2.24) is 4.98 Å². The lowest BCUT2D eigenvalue weighted by Gasteiger charge is -2.18. The monoisotopic (exact) mass is 241 g/mol. The van der Waals surface area contributed by atoms with Gasteiger partial charge in [0.25, 0.3) is 0 Å². The standard InChI is InChI=1S/C14H21F2N/c1-9(2)12-6-13(10(3)4)17-8-11(12)7-14(5,15)16/h6,8-10H,7H2,1-5H3. The van der Waals surface area contributed by atoms with Crippen LogP contribution in [0, 0.1) is 0 Å². The Kier molecular flexibility index (Phi) is 4.23. The van der Waals surface area contributed by atoms with E-state index in [1.54, 1.807) is 6.20 Å². The van der Waals surface area contributed by atoms with E-state index in [-0.39, 0.29) is 12.3 Å². The molecule has 0 aliphatic heterocycles. The molecule has 96 valence electrons. The predicted octanol–water partition coefficient (Wildman–Crippen LogP) is 4.53. The van der Waals surface area contributed by atoms with Crippen molar-refractivity contribution in [2.45, 2.75) is 58.8 Å². The fourth-order valence-electron chi connectivity index (χ4n) is 1.85. The van der Waals surface area contributed by atoms with Crippen molar-refractivity contribution in [2.24, 2.45) is 0 Å². The first-order valence-corrected chi connectivity index (χ1v) is 6.07. The molecule has 0 aliphatic rings. The summed E-state index contributed by atoms with van der Waals surface area (Å²) < 4.78 is 26.2. The fraction of sp³-hybridized carbons (Fsp3) is 0.643. The first-order valence-electron chi connectivity index (χ1n) is 6.07. The smallest absolute Gasteiger partial charge is 0.249 e. The van der Waals surface area contributed by atoms with E-state index in [9.17, 15) is 8.78 Å². The van der Waals surface area contributed by atoms with Gasteiger partial charge in [0, 0.05) is 18.3 Å². The minimum absolute atomic E-state index is 0.230. The van der Waals surface area contributed by atoms with Gasteiger partial charge in [-0.15, -0.1) is 0 Å². The average molecular weight is 241 g/mol. The van der Waals surface area contributed by atoms with Gasteiger partial charge in [0.15, 0.2) is 0 Å². The second kappa shape index (κ2) is 5.11. The van der Waals surface area contributed by atoms with Crippen LogP contribution in [0.25, 0.3) is 0 Å². The van der Waals surface area contributed by atoms with Crippen LogP contribution in [0.2, 0.25) is 0 Å². The van der Waals surface area contributed by atoms with Crippen molar-refractivity contribution in [1.29, 1.82) is 0 Å². The lowest BCUT2D eigenvalue weighted by molar-refractivity contribution is 0.0223. The van der Waals surface area contributed by atoms with Gasteiger partial charge in [0.05, 0.1) is 0 Å². The Bertz CT molecular complexity index is 378. The SMILES string of the molecule is CC(C)c1cc(C(C)C)c(CC(C)(F)F)cn1. The molecule has 1 heterocycles. The molecule has 0 radical (unpaired) electrons. The summed E-state index contributed by atoms with van der Waals surface area (Å²) in [5, 5.41) is 0. The number of hydrogen-bond donors (Lipinski definition) is 0. The van der Waals surface area contributed by atoms with Gasteiger partial charge in [0.2, 0.25) is 5.92 Å². The van der Waals surface area contributed by atoms with Crippen LogP contribution >= 0.6 is 0 Å².